The summed E-state index contributed by atoms with van der Waals surface area (Å²) in [7, 11) is 3.96. The van der Waals surface area contributed by atoms with Gasteiger partial charge in [0, 0.05) is 31.2 Å². The maximum absolute atomic E-state index is 6.56. The van der Waals surface area contributed by atoms with Gasteiger partial charge in [-0.1, -0.05) is 30.3 Å². The molecule has 1 saturated carbocycles. The van der Waals surface area contributed by atoms with E-state index in [1.165, 1.54) is 24.0 Å². The van der Waals surface area contributed by atoms with Crippen LogP contribution in [0.1, 0.15) is 36.8 Å². The predicted octanol–water partition coefficient (Wildman–Crippen LogP) is 3.99. The zero-order valence-electron chi connectivity index (χ0n) is 16.4. The topological polar surface area (TPSA) is 33.7 Å². The van der Waals surface area contributed by atoms with Crippen LogP contribution in [0.15, 0.2) is 48.5 Å². The number of nitrogens with zero attached hydrogens (tertiary/aromatic N) is 1. The third-order valence-corrected chi connectivity index (χ3v) is 6.12. The first kappa shape index (κ1) is 18.3. The molecule has 4 rings (SSSR count). The van der Waals surface area contributed by atoms with Crippen LogP contribution in [0.5, 0.6) is 11.5 Å². The quantitative estimate of drug-likeness (QED) is 0.887. The van der Waals surface area contributed by atoms with E-state index in [-0.39, 0.29) is 5.60 Å². The number of hydrogen-bond donors (Lipinski definition) is 1. The van der Waals surface area contributed by atoms with Crippen LogP contribution in [-0.2, 0) is 13.1 Å². The Bertz CT molecular complexity index is 768. The molecule has 1 spiro atoms. The van der Waals surface area contributed by atoms with Gasteiger partial charge >= 0.3 is 0 Å². The lowest BCUT2D eigenvalue weighted by atomic mass is 9.81. The maximum atomic E-state index is 6.56. The van der Waals surface area contributed by atoms with Crippen LogP contribution in [0.3, 0.4) is 0 Å². The first-order valence-corrected chi connectivity index (χ1v) is 9.98. The fraction of sp³-hybridized carbons (Fsp3) is 0.478. The van der Waals surface area contributed by atoms with Gasteiger partial charge in [0.05, 0.1) is 7.11 Å². The SMILES string of the molecule is COc1cccc(CN(C)C2CCC3(CC2)CNCc2ccccc2O3)c1. The van der Waals surface area contributed by atoms with Crippen LogP contribution in [0, 0.1) is 0 Å². The molecule has 0 amide bonds. The van der Waals surface area contributed by atoms with Crippen LogP contribution in [0.4, 0.5) is 0 Å². The Morgan fingerprint density at radius 3 is 2.78 bits per heavy atom. The minimum absolute atomic E-state index is 0.0556. The molecule has 0 aromatic heterocycles. The second-order valence-electron chi connectivity index (χ2n) is 7.99. The van der Waals surface area contributed by atoms with Crippen molar-refractivity contribution >= 4 is 0 Å². The molecule has 0 radical (unpaired) electrons. The fourth-order valence-corrected chi connectivity index (χ4v) is 4.48. The van der Waals surface area contributed by atoms with E-state index in [1.54, 1.807) is 7.11 Å². The van der Waals surface area contributed by atoms with Crippen molar-refractivity contribution in [3.05, 3.63) is 59.7 Å². The van der Waals surface area contributed by atoms with Gasteiger partial charge in [-0.15, -0.1) is 0 Å². The fourth-order valence-electron chi connectivity index (χ4n) is 4.48. The highest BCUT2D eigenvalue weighted by Gasteiger charge is 2.39. The number of hydrogen-bond acceptors (Lipinski definition) is 4. The number of rotatable bonds is 4. The summed E-state index contributed by atoms with van der Waals surface area (Å²) < 4.78 is 11.9. The summed E-state index contributed by atoms with van der Waals surface area (Å²) in [4.78, 5) is 2.49. The van der Waals surface area contributed by atoms with E-state index in [2.05, 4.69) is 59.7 Å². The summed E-state index contributed by atoms with van der Waals surface area (Å²) in [6, 6.07) is 17.4. The predicted molar refractivity (Wildman–Crippen MR) is 108 cm³/mol. The molecule has 27 heavy (non-hydrogen) atoms. The number of ether oxygens (including phenoxy) is 2. The van der Waals surface area contributed by atoms with E-state index in [1.807, 2.05) is 6.07 Å². The van der Waals surface area contributed by atoms with Crippen LogP contribution in [0.2, 0.25) is 0 Å². The zero-order chi connectivity index (χ0) is 18.7. The zero-order valence-corrected chi connectivity index (χ0v) is 16.4. The molecule has 0 saturated heterocycles. The second-order valence-corrected chi connectivity index (χ2v) is 7.99. The summed E-state index contributed by atoms with van der Waals surface area (Å²) in [5, 5.41) is 3.61. The Kier molecular flexibility index (Phi) is 5.37. The van der Waals surface area contributed by atoms with Crippen LogP contribution in [-0.4, -0.2) is 37.2 Å². The highest BCUT2D eigenvalue weighted by molar-refractivity contribution is 5.35. The Hall–Kier alpha value is -2.04. The first-order chi connectivity index (χ1) is 13.2. The summed E-state index contributed by atoms with van der Waals surface area (Å²) in [5.74, 6) is 1.99. The van der Waals surface area contributed by atoms with Crippen molar-refractivity contribution in [1.82, 2.24) is 10.2 Å². The van der Waals surface area contributed by atoms with Crippen molar-refractivity contribution in [1.29, 1.82) is 0 Å². The average Bonchev–Trinajstić information content (AvgIpc) is 2.87. The highest BCUT2D eigenvalue weighted by atomic mass is 16.5. The molecule has 2 aromatic rings. The van der Waals surface area contributed by atoms with Gasteiger partial charge in [-0.25, -0.2) is 0 Å². The van der Waals surface area contributed by atoms with E-state index in [0.717, 1.165) is 44.0 Å². The summed E-state index contributed by atoms with van der Waals surface area (Å²) >= 11 is 0. The number of fused-ring (bicyclic) bond motifs is 1. The molecule has 4 nitrogen and oxygen atoms in total. The number of para-hydroxylation sites is 1. The number of nitrogens with one attached hydrogen (secondary N) is 1. The van der Waals surface area contributed by atoms with E-state index < -0.39 is 0 Å². The van der Waals surface area contributed by atoms with Crippen molar-refractivity contribution in [3.8, 4) is 11.5 Å². The molecule has 1 heterocycles. The molecule has 1 aliphatic heterocycles. The molecule has 2 aliphatic rings. The highest BCUT2D eigenvalue weighted by Crippen LogP contribution is 2.37. The molecule has 0 atom stereocenters. The molecule has 1 N–H and O–H groups in total. The van der Waals surface area contributed by atoms with Crippen molar-refractivity contribution in [2.45, 2.75) is 50.4 Å². The van der Waals surface area contributed by atoms with Gasteiger partial charge < -0.3 is 14.8 Å². The van der Waals surface area contributed by atoms with Gasteiger partial charge in [0.15, 0.2) is 0 Å². The second kappa shape index (κ2) is 7.91. The number of methoxy groups -OCH3 is 1. The lowest BCUT2D eigenvalue weighted by molar-refractivity contribution is 0.00873. The number of benzene rings is 2. The molecule has 0 bridgehead atoms. The Morgan fingerprint density at radius 1 is 1.15 bits per heavy atom. The molecule has 4 heteroatoms. The normalized spacial score (nSPS) is 24.9. The van der Waals surface area contributed by atoms with E-state index in [9.17, 15) is 0 Å². The van der Waals surface area contributed by atoms with Crippen LogP contribution in [0.25, 0.3) is 0 Å². The Morgan fingerprint density at radius 2 is 1.96 bits per heavy atom. The van der Waals surface area contributed by atoms with Crippen molar-refractivity contribution in [2.24, 2.45) is 0 Å². The Balaban J connectivity index is 1.38. The molecule has 144 valence electrons. The van der Waals surface area contributed by atoms with Crippen LogP contribution < -0.4 is 14.8 Å². The third-order valence-electron chi connectivity index (χ3n) is 6.12. The van der Waals surface area contributed by atoms with Gasteiger partial charge in [-0.2, -0.15) is 0 Å². The van der Waals surface area contributed by atoms with Crippen molar-refractivity contribution < 1.29 is 9.47 Å². The van der Waals surface area contributed by atoms with Gasteiger partial charge in [0.25, 0.3) is 0 Å². The summed E-state index contributed by atoms with van der Waals surface area (Å²) in [5.41, 5.74) is 2.52. The largest absolute Gasteiger partial charge is 0.497 e. The molecule has 2 aromatic carbocycles. The van der Waals surface area contributed by atoms with Gasteiger partial charge in [-0.05, 0) is 56.5 Å². The van der Waals surface area contributed by atoms with Gasteiger partial charge in [0.2, 0.25) is 0 Å². The summed E-state index contributed by atoms with van der Waals surface area (Å²) in [6.45, 7) is 2.79. The smallest absolute Gasteiger partial charge is 0.124 e. The standard InChI is InChI=1S/C23H30N2O2/c1-25(16-18-6-5-8-21(14-18)26-2)20-10-12-23(13-11-20)17-24-15-19-7-3-4-9-22(19)27-23/h3-9,14,20,24H,10-13,15-17H2,1-2H3. The average molecular weight is 367 g/mol. The van der Waals surface area contributed by atoms with E-state index >= 15 is 0 Å². The molecular formula is C23H30N2O2. The first-order valence-electron chi connectivity index (χ1n) is 9.98. The maximum Gasteiger partial charge on any atom is 0.124 e. The molecule has 0 unspecified atom stereocenters. The Labute approximate surface area is 162 Å². The molecular weight excluding hydrogens is 336 g/mol. The van der Waals surface area contributed by atoms with Gasteiger partial charge in [-0.3, -0.25) is 4.90 Å². The van der Waals surface area contributed by atoms with Crippen molar-refractivity contribution in [3.63, 3.8) is 0 Å². The van der Waals surface area contributed by atoms with E-state index in [4.69, 9.17) is 9.47 Å². The molecule has 1 aliphatic carbocycles. The lowest BCUT2D eigenvalue weighted by Gasteiger charge is -2.42. The van der Waals surface area contributed by atoms with Crippen LogP contribution >= 0.6 is 0 Å². The molecule has 1 fully saturated rings. The minimum atomic E-state index is -0.0556. The summed E-state index contributed by atoms with van der Waals surface area (Å²) in [6.07, 6.45) is 4.54. The lowest BCUT2D eigenvalue weighted by Crippen LogP contribution is -2.50. The third kappa shape index (κ3) is 4.12. The van der Waals surface area contributed by atoms with Crippen molar-refractivity contribution in [2.75, 3.05) is 20.7 Å². The minimum Gasteiger partial charge on any atom is -0.497 e. The van der Waals surface area contributed by atoms with Gasteiger partial charge in [0.1, 0.15) is 17.1 Å². The monoisotopic (exact) mass is 366 g/mol. The van der Waals surface area contributed by atoms with E-state index in [0.29, 0.717) is 6.04 Å².